The number of hydrogen-bond donors (Lipinski definition) is 0. The van der Waals surface area contributed by atoms with Crippen molar-refractivity contribution in [2.75, 3.05) is 0 Å². The van der Waals surface area contributed by atoms with Crippen molar-refractivity contribution in [1.82, 2.24) is 0 Å². The van der Waals surface area contributed by atoms with Crippen molar-refractivity contribution in [2.45, 2.75) is 40.0 Å². The highest BCUT2D eigenvalue weighted by molar-refractivity contribution is 5.69. The van der Waals surface area contributed by atoms with Gasteiger partial charge in [-0.1, -0.05) is 32.4 Å². The van der Waals surface area contributed by atoms with E-state index in [1.807, 2.05) is 0 Å². The maximum absolute atomic E-state index is 11.3. The zero-order valence-corrected chi connectivity index (χ0v) is 11.0. The zero-order valence-electron chi connectivity index (χ0n) is 11.0. The van der Waals surface area contributed by atoms with E-state index in [2.05, 4.69) is 26.8 Å². The fraction of sp³-hybridized carbons (Fsp3) is 0.733. The fourth-order valence-electron chi connectivity index (χ4n) is 3.59. The van der Waals surface area contributed by atoms with Crippen LogP contribution >= 0.6 is 0 Å². The summed E-state index contributed by atoms with van der Waals surface area (Å²) in [5, 5.41) is 0. The van der Waals surface area contributed by atoms with E-state index >= 15 is 0 Å². The van der Waals surface area contributed by atoms with E-state index in [-0.39, 0.29) is 17.3 Å². The normalized spacial score (nSPS) is 40.1. The molecule has 17 heavy (non-hydrogen) atoms. The summed E-state index contributed by atoms with van der Waals surface area (Å²) >= 11 is 0. The van der Waals surface area contributed by atoms with E-state index in [4.69, 9.17) is 0 Å². The summed E-state index contributed by atoms with van der Waals surface area (Å²) < 4.78 is 0. The Kier molecular flexibility index (Phi) is 3.24. The third-order valence-electron chi connectivity index (χ3n) is 4.54. The largest absolute Gasteiger partial charge is 0.303 e. The lowest BCUT2D eigenvalue weighted by atomic mass is 9.80. The number of carbonyl (C=O) groups is 2. The van der Waals surface area contributed by atoms with E-state index in [9.17, 15) is 9.59 Å². The van der Waals surface area contributed by atoms with Crippen LogP contribution in [0.15, 0.2) is 11.6 Å². The number of aldehydes is 2. The Morgan fingerprint density at radius 1 is 1.24 bits per heavy atom. The molecular formula is C15H22O2. The second-order valence-electron chi connectivity index (χ2n) is 6.46. The van der Waals surface area contributed by atoms with Gasteiger partial charge in [-0.2, -0.15) is 0 Å². The van der Waals surface area contributed by atoms with Crippen molar-refractivity contribution in [1.29, 1.82) is 0 Å². The summed E-state index contributed by atoms with van der Waals surface area (Å²) in [6.45, 7) is 6.70. The minimum atomic E-state index is -0.163. The van der Waals surface area contributed by atoms with Crippen LogP contribution in [0.4, 0.5) is 0 Å². The molecule has 0 amide bonds. The zero-order chi connectivity index (χ0) is 12.6. The third-order valence-corrected chi connectivity index (χ3v) is 4.54. The minimum absolute atomic E-state index is 0.0971. The fourth-order valence-corrected chi connectivity index (χ4v) is 3.59. The Balaban J connectivity index is 2.39. The lowest BCUT2D eigenvalue weighted by Crippen LogP contribution is -2.20. The van der Waals surface area contributed by atoms with Crippen molar-refractivity contribution >= 4 is 12.6 Å². The van der Waals surface area contributed by atoms with E-state index in [0.717, 1.165) is 31.8 Å². The number of rotatable bonds is 2. The molecule has 1 saturated carbocycles. The van der Waals surface area contributed by atoms with Crippen LogP contribution in [0.2, 0.25) is 0 Å². The molecule has 0 N–H and O–H groups in total. The second kappa shape index (κ2) is 4.40. The molecule has 0 saturated heterocycles. The van der Waals surface area contributed by atoms with Gasteiger partial charge in [0.1, 0.15) is 12.6 Å². The van der Waals surface area contributed by atoms with Crippen molar-refractivity contribution in [3.8, 4) is 0 Å². The lowest BCUT2D eigenvalue weighted by molar-refractivity contribution is -0.118. The molecule has 0 spiro atoms. The van der Waals surface area contributed by atoms with Crippen LogP contribution in [0.3, 0.4) is 0 Å². The molecule has 0 aromatic carbocycles. The molecule has 0 aliphatic heterocycles. The molecule has 0 aromatic heterocycles. The number of carbonyl (C=O) groups excluding carboxylic acids is 2. The summed E-state index contributed by atoms with van der Waals surface area (Å²) in [4.78, 5) is 22.5. The predicted molar refractivity (Wildman–Crippen MR) is 67.5 cm³/mol. The van der Waals surface area contributed by atoms with E-state index in [1.165, 1.54) is 5.57 Å². The number of hydrogen-bond acceptors (Lipinski definition) is 2. The van der Waals surface area contributed by atoms with Crippen LogP contribution in [-0.4, -0.2) is 12.6 Å². The Hall–Kier alpha value is -0.920. The summed E-state index contributed by atoms with van der Waals surface area (Å²) in [7, 11) is 0. The molecule has 1 fully saturated rings. The highest BCUT2D eigenvalue weighted by atomic mass is 16.1. The Morgan fingerprint density at radius 2 is 1.94 bits per heavy atom. The highest BCUT2D eigenvalue weighted by Gasteiger charge is 2.42. The average Bonchev–Trinajstić information content (AvgIpc) is 2.54. The Morgan fingerprint density at radius 3 is 2.53 bits per heavy atom. The monoisotopic (exact) mass is 234 g/mol. The molecule has 0 aromatic rings. The van der Waals surface area contributed by atoms with Gasteiger partial charge in [0.25, 0.3) is 0 Å². The van der Waals surface area contributed by atoms with Gasteiger partial charge in [0.15, 0.2) is 0 Å². The molecule has 4 atom stereocenters. The van der Waals surface area contributed by atoms with Crippen LogP contribution < -0.4 is 0 Å². The summed E-state index contributed by atoms with van der Waals surface area (Å²) in [6, 6.07) is 0. The molecule has 0 heterocycles. The number of allylic oxidation sites excluding steroid dienone is 2. The van der Waals surface area contributed by atoms with Gasteiger partial charge in [-0.05, 0) is 36.5 Å². The second-order valence-corrected chi connectivity index (χ2v) is 6.46. The van der Waals surface area contributed by atoms with Gasteiger partial charge < -0.3 is 9.59 Å². The summed E-state index contributed by atoms with van der Waals surface area (Å²) in [5.41, 5.74) is 1.42. The van der Waals surface area contributed by atoms with Gasteiger partial charge in [0.2, 0.25) is 0 Å². The molecule has 0 radical (unpaired) electrons. The smallest absolute Gasteiger partial charge is 0.127 e. The Bertz CT molecular complexity index is 354. The third kappa shape index (κ3) is 2.22. The standard InChI is InChI=1S/C15H22O2/c1-10-4-5-11(8-16)14(9-17)13-7-15(2,3)6-12(10)13/h7-12,14H,4-6H2,1-3H3/t10-,11+,12-,14-/m0/s1. The Labute approximate surface area is 103 Å². The van der Waals surface area contributed by atoms with E-state index in [1.54, 1.807) is 0 Å². The minimum Gasteiger partial charge on any atom is -0.303 e. The van der Waals surface area contributed by atoms with Crippen LogP contribution in [0.5, 0.6) is 0 Å². The van der Waals surface area contributed by atoms with Crippen molar-refractivity contribution < 1.29 is 9.59 Å². The van der Waals surface area contributed by atoms with Crippen molar-refractivity contribution in [3.63, 3.8) is 0 Å². The van der Waals surface area contributed by atoms with Gasteiger partial charge in [-0.25, -0.2) is 0 Å². The van der Waals surface area contributed by atoms with Gasteiger partial charge in [-0.3, -0.25) is 0 Å². The predicted octanol–water partition coefficient (Wildman–Crippen LogP) is 3.02. The average molecular weight is 234 g/mol. The topological polar surface area (TPSA) is 34.1 Å². The molecule has 2 aliphatic rings. The summed E-state index contributed by atoms with van der Waals surface area (Å²) in [6.07, 6.45) is 7.29. The van der Waals surface area contributed by atoms with Crippen LogP contribution in [0.1, 0.15) is 40.0 Å². The van der Waals surface area contributed by atoms with E-state index in [0.29, 0.717) is 11.8 Å². The molecule has 0 unspecified atom stereocenters. The first kappa shape index (κ1) is 12.5. The lowest BCUT2D eigenvalue weighted by Gasteiger charge is -2.23. The van der Waals surface area contributed by atoms with Gasteiger partial charge in [0, 0.05) is 11.8 Å². The van der Waals surface area contributed by atoms with Crippen LogP contribution in [-0.2, 0) is 9.59 Å². The first-order valence-electron chi connectivity index (χ1n) is 6.62. The molecule has 2 nitrogen and oxygen atoms in total. The van der Waals surface area contributed by atoms with Crippen LogP contribution in [0, 0.1) is 29.1 Å². The summed E-state index contributed by atoms with van der Waals surface area (Å²) in [5.74, 6) is 0.838. The van der Waals surface area contributed by atoms with Crippen LogP contribution in [0.25, 0.3) is 0 Å². The maximum atomic E-state index is 11.3. The molecule has 2 heteroatoms. The van der Waals surface area contributed by atoms with Gasteiger partial charge >= 0.3 is 0 Å². The van der Waals surface area contributed by atoms with Gasteiger partial charge in [-0.15, -0.1) is 0 Å². The van der Waals surface area contributed by atoms with Crippen molar-refractivity contribution in [3.05, 3.63) is 11.6 Å². The maximum Gasteiger partial charge on any atom is 0.127 e. The molecular weight excluding hydrogens is 212 g/mol. The molecule has 94 valence electrons. The SMILES string of the molecule is C[C@H]1CC[C@H](C=O)[C@H](C=O)C2=CC(C)(C)C[C@H]21. The molecule has 2 rings (SSSR count). The molecule has 0 bridgehead atoms. The molecule has 2 aliphatic carbocycles. The van der Waals surface area contributed by atoms with E-state index < -0.39 is 0 Å². The first-order chi connectivity index (χ1) is 7.98. The number of fused-ring (bicyclic) bond motifs is 1. The quantitative estimate of drug-likeness (QED) is 0.543. The van der Waals surface area contributed by atoms with Gasteiger partial charge in [0.05, 0.1) is 0 Å². The first-order valence-corrected chi connectivity index (χ1v) is 6.62. The van der Waals surface area contributed by atoms with Crippen molar-refractivity contribution in [2.24, 2.45) is 29.1 Å². The highest BCUT2D eigenvalue weighted by Crippen LogP contribution is 2.50.